The summed E-state index contributed by atoms with van der Waals surface area (Å²) in [6.07, 6.45) is 5.20. The van der Waals surface area contributed by atoms with Crippen molar-refractivity contribution < 1.29 is 9.53 Å². The van der Waals surface area contributed by atoms with E-state index in [1.165, 1.54) is 6.21 Å². The molecule has 0 heterocycles. The largest absolute Gasteiger partial charge is 0.483 e. The second kappa shape index (κ2) is 8.54. The third kappa shape index (κ3) is 5.43. The van der Waals surface area contributed by atoms with E-state index in [0.29, 0.717) is 5.75 Å². The second-order valence-electron chi connectivity index (χ2n) is 5.07. The number of carbonyl (C=O) groups excluding carboxylic acids is 1. The van der Waals surface area contributed by atoms with E-state index in [0.717, 1.165) is 16.7 Å². The Bertz CT molecular complexity index is 707. The highest BCUT2D eigenvalue weighted by Gasteiger charge is 2.04. The van der Waals surface area contributed by atoms with Crippen molar-refractivity contribution in [2.45, 2.75) is 13.8 Å². The first-order chi connectivity index (χ1) is 11.2. The van der Waals surface area contributed by atoms with Crippen LogP contribution in [0.5, 0.6) is 5.75 Å². The molecule has 4 heteroatoms. The number of carbonyl (C=O) groups is 1. The van der Waals surface area contributed by atoms with Crippen molar-refractivity contribution in [3.05, 3.63) is 71.3 Å². The first-order valence-corrected chi connectivity index (χ1v) is 7.39. The van der Waals surface area contributed by atoms with Crippen LogP contribution in [0.15, 0.2) is 59.7 Å². The Morgan fingerprint density at radius 1 is 1.13 bits per heavy atom. The van der Waals surface area contributed by atoms with Gasteiger partial charge in [-0.1, -0.05) is 48.5 Å². The smallest absolute Gasteiger partial charge is 0.277 e. The standard InChI is InChI=1S/C19H20N2O2/c1-15-8-6-12-18(16(15)2)23-14-19(22)21-20-13-7-11-17-9-4-3-5-10-17/h3-13H,14H2,1-2H3,(H,21,22). The number of benzene rings is 2. The number of rotatable bonds is 6. The van der Waals surface area contributed by atoms with E-state index in [1.807, 2.05) is 68.5 Å². The molecule has 0 fully saturated rings. The van der Waals surface area contributed by atoms with Crippen LogP contribution in [0.25, 0.3) is 6.08 Å². The van der Waals surface area contributed by atoms with Crippen molar-refractivity contribution in [1.29, 1.82) is 0 Å². The predicted octanol–water partition coefficient (Wildman–Crippen LogP) is 3.50. The molecule has 0 saturated heterocycles. The molecular weight excluding hydrogens is 288 g/mol. The molecule has 0 spiro atoms. The summed E-state index contributed by atoms with van der Waals surface area (Å²) in [6, 6.07) is 15.6. The highest BCUT2D eigenvalue weighted by Crippen LogP contribution is 2.20. The van der Waals surface area contributed by atoms with Crippen LogP contribution in [0.4, 0.5) is 0 Å². The van der Waals surface area contributed by atoms with Crippen LogP contribution in [-0.4, -0.2) is 18.7 Å². The van der Waals surface area contributed by atoms with Crippen LogP contribution in [0, 0.1) is 13.8 Å². The normalized spacial score (nSPS) is 11.0. The van der Waals surface area contributed by atoms with Crippen molar-refractivity contribution in [3.63, 3.8) is 0 Å². The van der Waals surface area contributed by atoms with Crippen molar-refractivity contribution in [1.82, 2.24) is 5.43 Å². The number of amides is 1. The number of nitrogens with zero attached hydrogens (tertiary/aromatic N) is 1. The SMILES string of the molecule is Cc1cccc(OCC(=O)NN=CC=Cc2ccccc2)c1C. The Morgan fingerprint density at radius 2 is 1.91 bits per heavy atom. The van der Waals surface area contributed by atoms with Gasteiger partial charge >= 0.3 is 0 Å². The maximum Gasteiger partial charge on any atom is 0.277 e. The van der Waals surface area contributed by atoms with E-state index in [4.69, 9.17) is 4.74 Å². The second-order valence-corrected chi connectivity index (χ2v) is 5.07. The third-order valence-electron chi connectivity index (χ3n) is 3.35. The quantitative estimate of drug-likeness (QED) is 0.656. The van der Waals surface area contributed by atoms with Crippen LogP contribution in [0.2, 0.25) is 0 Å². The van der Waals surface area contributed by atoms with E-state index < -0.39 is 0 Å². The summed E-state index contributed by atoms with van der Waals surface area (Å²) < 4.78 is 5.50. The molecule has 2 aromatic rings. The van der Waals surface area contributed by atoms with E-state index in [9.17, 15) is 4.79 Å². The molecule has 0 radical (unpaired) electrons. The van der Waals surface area contributed by atoms with Gasteiger partial charge in [0.1, 0.15) is 5.75 Å². The average Bonchev–Trinajstić information content (AvgIpc) is 2.57. The van der Waals surface area contributed by atoms with Crippen molar-refractivity contribution >= 4 is 18.2 Å². The van der Waals surface area contributed by atoms with Crippen molar-refractivity contribution in [2.24, 2.45) is 5.10 Å². The minimum atomic E-state index is -0.296. The lowest BCUT2D eigenvalue weighted by atomic mass is 10.1. The Hall–Kier alpha value is -2.88. The Morgan fingerprint density at radius 3 is 2.70 bits per heavy atom. The fourth-order valence-electron chi connectivity index (χ4n) is 1.93. The van der Waals surface area contributed by atoms with Crippen LogP contribution in [0.1, 0.15) is 16.7 Å². The summed E-state index contributed by atoms with van der Waals surface area (Å²) >= 11 is 0. The minimum absolute atomic E-state index is 0.0654. The van der Waals surface area contributed by atoms with Crippen LogP contribution in [0.3, 0.4) is 0 Å². The van der Waals surface area contributed by atoms with Gasteiger partial charge in [0.2, 0.25) is 0 Å². The minimum Gasteiger partial charge on any atom is -0.483 e. The van der Waals surface area contributed by atoms with Gasteiger partial charge in [-0.3, -0.25) is 4.79 Å². The van der Waals surface area contributed by atoms with Gasteiger partial charge in [-0.15, -0.1) is 0 Å². The van der Waals surface area contributed by atoms with Gasteiger partial charge in [-0.25, -0.2) is 5.43 Å². The fourth-order valence-corrected chi connectivity index (χ4v) is 1.93. The Kier molecular flexibility index (Phi) is 6.12. The molecule has 2 rings (SSSR count). The highest BCUT2D eigenvalue weighted by molar-refractivity contribution is 5.82. The van der Waals surface area contributed by atoms with E-state index in [1.54, 1.807) is 6.08 Å². The molecule has 0 aliphatic rings. The lowest BCUT2D eigenvalue weighted by molar-refractivity contribution is -0.123. The number of hydrogen-bond acceptors (Lipinski definition) is 3. The van der Waals surface area contributed by atoms with Crippen LogP contribution < -0.4 is 10.2 Å². The fraction of sp³-hybridized carbons (Fsp3) is 0.158. The summed E-state index contributed by atoms with van der Waals surface area (Å²) in [5.74, 6) is 0.420. The summed E-state index contributed by atoms with van der Waals surface area (Å²) in [6.45, 7) is 3.91. The molecule has 0 atom stereocenters. The summed E-state index contributed by atoms with van der Waals surface area (Å²) in [7, 11) is 0. The van der Waals surface area contributed by atoms with Crippen molar-refractivity contribution in [2.75, 3.05) is 6.61 Å². The molecule has 23 heavy (non-hydrogen) atoms. The first kappa shape index (κ1) is 16.5. The number of hydrazone groups is 1. The lowest BCUT2D eigenvalue weighted by Crippen LogP contribution is -2.24. The van der Waals surface area contributed by atoms with Crippen LogP contribution in [-0.2, 0) is 4.79 Å². The predicted molar refractivity (Wildman–Crippen MR) is 93.5 cm³/mol. The number of nitrogens with one attached hydrogen (secondary N) is 1. The summed E-state index contributed by atoms with van der Waals surface area (Å²) in [5, 5.41) is 3.85. The molecule has 1 N–H and O–H groups in total. The highest BCUT2D eigenvalue weighted by atomic mass is 16.5. The third-order valence-corrected chi connectivity index (χ3v) is 3.35. The maximum absolute atomic E-state index is 11.7. The van der Waals surface area contributed by atoms with Gasteiger partial charge < -0.3 is 4.74 Å². The van der Waals surface area contributed by atoms with E-state index in [-0.39, 0.29) is 12.5 Å². The Labute approximate surface area is 136 Å². The molecule has 4 nitrogen and oxygen atoms in total. The topological polar surface area (TPSA) is 50.7 Å². The molecule has 1 amide bonds. The average molecular weight is 308 g/mol. The number of ether oxygens (including phenoxy) is 1. The van der Waals surface area contributed by atoms with Gasteiger partial charge in [0.15, 0.2) is 6.61 Å². The van der Waals surface area contributed by atoms with Gasteiger partial charge in [0, 0.05) is 6.21 Å². The zero-order valence-electron chi connectivity index (χ0n) is 13.3. The molecule has 0 aromatic heterocycles. The lowest BCUT2D eigenvalue weighted by Gasteiger charge is -2.09. The van der Waals surface area contributed by atoms with Gasteiger partial charge in [0.25, 0.3) is 5.91 Å². The van der Waals surface area contributed by atoms with E-state index in [2.05, 4.69) is 10.5 Å². The molecule has 0 aliphatic heterocycles. The first-order valence-electron chi connectivity index (χ1n) is 7.39. The molecular formula is C19H20N2O2. The zero-order valence-corrected chi connectivity index (χ0v) is 13.3. The molecule has 0 unspecified atom stereocenters. The molecule has 0 bridgehead atoms. The molecule has 2 aromatic carbocycles. The number of hydrogen-bond donors (Lipinski definition) is 1. The Balaban J connectivity index is 1.76. The van der Waals surface area contributed by atoms with Crippen molar-refractivity contribution in [3.8, 4) is 5.75 Å². The molecule has 0 saturated carbocycles. The number of aryl methyl sites for hydroxylation is 1. The van der Waals surface area contributed by atoms with Gasteiger partial charge in [-0.05, 0) is 42.7 Å². The van der Waals surface area contributed by atoms with Gasteiger partial charge in [0.05, 0.1) is 0 Å². The zero-order chi connectivity index (χ0) is 16.5. The van der Waals surface area contributed by atoms with E-state index >= 15 is 0 Å². The monoisotopic (exact) mass is 308 g/mol. The maximum atomic E-state index is 11.7. The summed E-state index contributed by atoms with van der Waals surface area (Å²) in [4.78, 5) is 11.7. The van der Waals surface area contributed by atoms with Gasteiger partial charge in [-0.2, -0.15) is 5.10 Å². The molecule has 118 valence electrons. The number of allylic oxidation sites excluding steroid dienone is 1. The summed E-state index contributed by atoms with van der Waals surface area (Å²) in [5.41, 5.74) is 5.67. The van der Waals surface area contributed by atoms with Crippen LogP contribution >= 0.6 is 0 Å². The molecule has 0 aliphatic carbocycles.